The lowest BCUT2D eigenvalue weighted by atomic mass is 9.75. The standard InChI is InChI=1S/C23H42O4Si/c1-22(2,3)28(5,6)27-23(4,18-10-8-7-9-11-18)15-14-17-12-13-20(24)19(17)16-21(25)26/h12,18-20,24H,7-11,13-16H2,1-6H3,(H,25,26)/t19-,20+,23+/m1/s1. The van der Waals surface area contributed by atoms with E-state index in [0.717, 1.165) is 18.4 Å². The molecule has 1 fully saturated rings. The van der Waals surface area contributed by atoms with Crippen molar-refractivity contribution >= 4 is 14.3 Å². The fourth-order valence-corrected chi connectivity index (χ4v) is 6.50. The monoisotopic (exact) mass is 410 g/mol. The predicted molar refractivity (Wildman–Crippen MR) is 117 cm³/mol. The highest BCUT2D eigenvalue weighted by atomic mass is 28.4. The molecule has 2 N–H and O–H groups in total. The lowest BCUT2D eigenvalue weighted by Gasteiger charge is -2.49. The van der Waals surface area contributed by atoms with Crippen LogP contribution in [0.15, 0.2) is 11.6 Å². The molecular formula is C23H42O4Si. The van der Waals surface area contributed by atoms with Crippen LogP contribution in [0.3, 0.4) is 0 Å². The summed E-state index contributed by atoms with van der Waals surface area (Å²) in [6.07, 6.45) is 10.2. The summed E-state index contributed by atoms with van der Waals surface area (Å²) < 4.78 is 7.07. The van der Waals surface area contributed by atoms with Gasteiger partial charge in [0.25, 0.3) is 0 Å². The van der Waals surface area contributed by atoms with E-state index in [9.17, 15) is 15.0 Å². The van der Waals surface area contributed by atoms with Gasteiger partial charge >= 0.3 is 5.97 Å². The Morgan fingerprint density at radius 1 is 1.18 bits per heavy atom. The van der Waals surface area contributed by atoms with E-state index in [0.29, 0.717) is 12.3 Å². The smallest absolute Gasteiger partial charge is 0.304 e. The Kier molecular flexibility index (Phi) is 7.60. The lowest BCUT2D eigenvalue weighted by Crippen LogP contribution is -2.52. The average Bonchev–Trinajstić information content (AvgIpc) is 2.92. The first-order valence-corrected chi connectivity index (χ1v) is 14.1. The van der Waals surface area contributed by atoms with Gasteiger partial charge in [-0.1, -0.05) is 51.7 Å². The zero-order valence-corrected chi connectivity index (χ0v) is 19.9. The number of aliphatic hydroxyl groups is 1. The average molecular weight is 411 g/mol. The molecule has 4 nitrogen and oxygen atoms in total. The Bertz CT molecular complexity index is 572. The van der Waals surface area contributed by atoms with Crippen LogP contribution in [0.5, 0.6) is 0 Å². The van der Waals surface area contributed by atoms with E-state index in [4.69, 9.17) is 4.43 Å². The molecule has 2 aliphatic rings. The minimum absolute atomic E-state index is 0.0240. The fraction of sp³-hybridized carbons (Fsp3) is 0.870. The minimum Gasteiger partial charge on any atom is -0.481 e. The molecule has 162 valence electrons. The topological polar surface area (TPSA) is 66.8 Å². The van der Waals surface area contributed by atoms with Crippen molar-refractivity contribution in [3.05, 3.63) is 11.6 Å². The molecule has 5 heteroatoms. The molecule has 0 amide bonds. The predicted octanol–water partition coefficient (Wildman–Crippen LogP) is 5.91. The number of carboxylic acids is 1. The second-order valence-corrected chi connectivity index (χ2v) is 15.5. The molecule has 1 saturated carbocycles. The molecule has 0 heterocycles. The lowest BCUT2D eigenvalue weighted by molar-refractivity contribution is -0.138. The van der Waals surface area contributed by atoms with Gasteiger partial charge in [0.05, 0.1) is 18.1 Å². The normalized spacial score (nSPS) is 26.8. The summed E-state index contributed by atoms with van der Waals surface area (Å²) in [5.41, 5.74) is 0.946. The van der Waals surface area contributed by atoms with E-state index in [1.165, 1.54) is 32.1 Å². The van der Waals surface area contributed by atoms with Crippen LogP contribution in [0.1, 0.15) is 85.5 Å². The molecule has 2 rings (SSSR count). The van der Waals surface area contributed by atoms with Gasteiger partial charge in [-0.3, -0.25) is 4.79 Å². The Hall–Kier alpha value is -0.653. The molecule has 0 spiro atoms. The number of hydrogen-bond acceptors (Lipinski definition) is 3. The van der Waals surface area contributed by atoms with Crippen LogP contribution >= 0.6 is 0 Å². The van der Waals surface area contributed by atoms with Gasteiger partial charge in [0.2, 0.25) is 0 Å². The summed E-state index contributed by atoms with van der Waals surface area (Å²) in [5.74, 6) is -0.495. The Labute approximate surface area is 172 Å². The summed E-state index contributed by atoms with van der Waals surface area (Å²) in [7, 11) is -1.92. The molecule has 2 aliphatic carbocycles. The van der Waals surface area contributed by atoms with Crippen molar-refractivity contribution < 1.29 is 19.4 Å². The van der Waals surface area contributed by atoms with E-state index in [1.54, 1.807) is 0 Å². The van der Waals surface area contributed by atoms with E-state index in [1.807, 2.05) is 0 Å². The van der Waals surface area contributed by atoms with Crippen molar-refractivity contribution in [1.29, 1.82) is 0 Å². The summed E-state index contributed by atoms with van der Waals surface area (Å²) in [4.78, 5) is 11.2. The van der Waals surface area contributed by atoms with Crippen LogP contribution in [-0.4, -0.2) is 36.2 Å². The van der Waals surface area contributed by atoms with Crippen LogP contribution < -0.4 is 0 Å². The fourth-order valence-electron chi connectivity index (χ4n) is 4.76. The largest absolute Gasteiger partial charge is 0.481 e. The van der Waals surface area contributed by atoms with E-state index in [2.05, 4.69) is 46.9 Å². The number of carboxylic acid groups (broad SMARTS) is 1. The van der Waals surface area contributed by atoms with Crippen LogP contribution in [0.2, 0.25) is 18.1 Å². The quantitative estimate of drug-likeness (QED) is 0.385. The molecular weight excluding hydrogens is 368 g/mol. The van der Waals surface area contributed by atoms with Gasteiger partial charge in [0.15, 0.2) is 8.32 Å². The summed E-state index contributed by atoms with van der Waals surface area (Å²) in [5, 5.41) is 19.6. The minimum atomic E-state index is -1.92. The number of hydrogen-bond donors (Lipinski definition) is 2. The first-order chi connectivity index (χ1) is 12.9. The third kappa shape index (κ3) is 5.70. The molecule has 0 aromatic carbocycles. The van der Waals surface area contributed by atoms with E-state index < -0.39 is 20.4 Å². The summed E-state index contributed by atoms with van der Waals surface area (Å²) >= 11 is 0. The molecule has 28 heavy (non-hydrogen) atoms. The third-order valence-electron chi connectivity index (χ3n) is 7.63. The molecule has 0 aromatic rings. The van der Waals surface area contributed by atoms with E-state index >= 15 is 0 Å². The highest BCUT2D eigenvalue weighted by Gasteiger charge is 2.46. The van der Waals surface area contributed by atoms with Gasteiger partial charge in [-0.05, 0) is 63.1 Å². The maximum Gasteiger partial charge on any atom is 0.304 e. The van der Waals surface area contributed by atoms with Crippen molar-refractivity contribution in [3.8, 4) is 0 Å². The molecule has 0 saturated heterocycles. The number of aliphatic hydroxyl groups excluding tert-OH is 1. The first-order valence-electron chi connectivity index (χ1n) is 11.1. The van der Waals surface area contributed by atoms with Crippen molar-refractivity contribution in [2.75, 3.05) is 0 Å². The number of aliphatic carboxylic acids is 1. The molecule has 0 bridgehead atoms. The Morgan fingerprint density at radius 2 is 1.79 bits per heavy atom. The second-order valence-electron chi connectivity index (χ2n) is 10.8. The SMILES string of the molecule is CC(C)(C)[Si](C)(C)O[C@@](C)(CCC1=CC[C@H](O)[C@@H]1CC(=O)O)C1CCCCC1. The zero-order valence-electron chi connectivity index (χ0n) is 18.9. The van der Waals surface area contributed by atoms with Gasteiger partial charge < -0.3 is 14.6 Å². The van der Waals surface area contributed by atoms with Gasteiger partial charge in [-0.2, -0.15) is 0 Å². The summed E-state index contributed by atoms with van der Waals surface area (Å²) in [6.45, 7) is 13.8. The maximum atomic E-state index is 11.2. The van der Waals surface area contributed by atoms with Crippen molar-refractivity contribution in [2.24, 2.45) is 11.8 Å². The molecule has 0 aromatic heterocycles. The van der Waals surface area contributed by atoms with E-state index in [-0.39, 0.29) is 23.0 Å². The van der Waals surface area contributed by atoms with Gasteiger partial charge in [-0.15, -0.1) is 0 Å². The highest BCUT2D eigenvalue weighted by molar-refractivity contribution is 6.74. The number of carbonyl (C=O) groups is 1. The molecule has 0 aliphatic heterocycles. The van der Waals surface area contributed by atoms with Crippen molar-refractivity contribution in [1.82, 2.24) is 0 Å². The first kappa shape index (κ1) is 23.6. The maximum absolute atomic E-state index is 11.2. The zero-order chi connectivity index (χ0) is 21.2. The van der Waals surface area contributed by atoms with Crippen LogP contribution in [0.4, 0.5) is 0 Å². The second kappa shape index (κ2) is 9.01. The highest BCUT2D eigenvalue weighted by Crippen LogP contribution is 2.46. The van der Waals surface area contributed by atoms with Crippen molar-refractivity contribution in [2.45, 2.75) is 115 Å². The summed E-state index contributed by atoms with van der Waals surface area (Å²) in [6, 6.07) is 0. The third-order valence-corrected chi connectivity index (χ3v) is 12.2. The van der Waals surface area contributed by atoms with Gasteiger partial charge in [0, 0.05) is 5.92 Å². The van der Waals surface area contributed by atoms with Crippen LogP contribution in [0, 0.1) is 11.8 Å². The van der Waals surface area contributed by atoms with Crippen molar-refractivity contribution in [3.63, 3.8) is 0 Å². The Morgan fingerprint density at radius 3 is 2.32 bits per heavy atom. The number of rotatable bonds is 8. The molecule has 0 unspecified atom stereocenters. The van der Waals surface area contributed by atoms with Crippen LogP contribution in [0.25, 0.3) is 0 Å². The Balaban J connectivity index is 2.17. The van der Waals surface area contributed by atoms with Crippen LogP contribution in [-0.2, 0) is 9.22 Å². The molecule has 3 atom stereocenters. The van der Waals surface area contributed by atoms with Gasteiger partial charge in [-0.25, -0.2) is 0 Å². The van der Waals surface area contributed by atoms with Gasteiger partial charge in [0.1, 0.15) is 0 Å². The molecule has 0 radical (unpaired) electrons.